The Labute approximate surface area is 81.1 Å². The average Bonchev–Trinajstić information content (AvgIpc) is 2.38. The van der Waals surface area contributed by atoms with E-state index in [1.165, 1.54) is 0 Å². The summed E-state index contributed by atoms with van der Waals surface area (Å²) in [6.07, 6.45) is 0.564. The molecule has 0 fully saturated rings. The lowest BCUT2D eigenvalue weighted by Crippen LogP contribution is -2.16. The van der Waals surface area contributed by atoms with E-state index in [1.54, 1.807) is 6.92 Å². The van der Waals surface area contributed by atoms with Gasteiger partial charge in [-0.2, -0.15) is 0 Å². The van der Waals surface area contributed by atoms with Crippen LogP contribution in [0.4, 0.5) is 0 Å². The fourth-order valence-electron chi connectivity index (χ4n) is 1.73. The number of aliphatic carboxylic acids is 1. The van der Waals surface area contributed by atoms with Crippen LogP contribution in [0.2, 0.25) is 0 Å². The molecule has 1 aromatic rings. The molecule has 0 amide bonds. The fourth-order valence-corrected chi connectivity index (χ4v) is 1.73. The minimum absolute atomic E-state index is 0.530. The maximum atomic E-state index is 11.0. The largest absolute Gasteiger partial charge is 0.481 e. The highest BCUT2D eigenvalue weighted by molar-refractivity contribution is 5.76. The Morgan fingerprint density at radius 1 is 1.71 bits per heavy atom. The maximum Gasteiger partial charge on any atom is 0.312 e. The number of carboxylic acids is 1. The van der Waals surface area contributed by atoms with Crippen molar-refractivity contribution in [3.05, 3.63) is 17.0 Å². The van der Waals surface area contributed by atoms with E-state index in [1.807, 2.05) is 0 Å². The molecule has 1 unspecified atom stereocenters. The van der Waals surface area contributed by atoms with Gasteiger partial charge in [0.05, 0.1) is 0 Å². The van der Waals surface area contributed by atoms with Gasteiger partial charge < -0.3 is 14.9 Å². The first-order valence-corrected chi connectivity index (χ1v) is 4.58. The van der Waals surface area contributed by atoms with Gasteiger partial charge in [-0.1, -0.05) is 5.16 Å². The summed E-state index contributed by atoms with van der Waals surface area (Å²) in [5, 5.41) is 16.0. The number of aryl methyl sites for hydroxylation is 1. The second kappa shape index (κ2) is 3.42. The molecule has 1 aliphatic rings. The monoisotopic (exact) mass is 196 g/mol. The van der Waals surface area contributed by atoms with Crippen LogP contribution in [-0.2, 0) is 11.3 Å². The number of hydrogen-bond donors (Lipinski definition) is 2. The summed E-state index contributed by atoms with van der Waals surface area (Å²) in [6.45, 7) is 3.15. The van der Waals surface area contributed by atoms with Crippen molar-refractivity contribution >= 4 is 5.97 Å². The number of carboxylic acid groups (broad SMARTS) is 1. The van der Waals surface area contributed by atoms with Gasteiger partial charge in [0.1, 0.15) is 17.4 Å². The topological polar surface area (TPSA) is 75.4 Å². The summed E-state index contributed by atoms with van der Waals surface area (Å²) in [7, 11) is 0. The molecule has 0 aromatic carbocycles. The Balaban J connectivity index is 2.42. The first-order chi connectivity index (χ1) is 6.70. The Morgan fingerprint density at radius 3 is 3.21 bits per heavy atom. The molecule has 1 aromatic heterocycles. The normalized spacial score (nSPS) is 21.4. The number of aromatic nitrogens is 1. The van der Waals surface area contributed by atoms with E-state index in [2.05, 4.69) is 10.5 Å². The first-order valence-electron chi connectivity index (χ1n) is 4.58. The molecule has 2 rings (SSSR count). The lowest BCUT2D eigenvalue weighted by atomic mass is 9.99. The van der Waals surface area contributed by atoms with Crippen molar-refractivity contribution < 1.29 is 14.4 Å². The summed E-state index contributed by atoms with van der Waals surface area (Å²) in [4.78, 5) is 11.0. The zero-order chi connectivity index (χ0) is 10.1. The van der Waals surface area contributed by atoms with Crippen LogP contribution in [0, 0.1) is 6.92 Å². The molecule has 14 heavy (non-hydrogen) atoms. The van der Waals surface area contributed by atoms with E-state index in [0.29, 0.717) is 31.0 Å². The highest BCUT2D eigenvalue weighted by atomic mass is 16.5. The Bertz CT molecular complexity index is 359. The summed E-state index contributed by atoms with van der Waals surface area (Å²) in [6, 6.07) is 0. The third-order valence-electron chi connectivity index (χ3n) is 2.55. The molecule has 5 heteroatoms. The minimum Gasteiger partial charge on any atom is -0.481 e. The van der Waals surface area contributed by atoms with Gasteiger partial charge in [-0.15, -0.1) is 0 Å². The van der Waals surface area contributed by atoms with Crippen LogP contribution in [0.3, 0.4) is 0 Å². The van der Waals surface area contributed by atoms with Gasteiger partial charge in [0.2, 0.25) is 0 Å². The Kier molecular flexibility index (Phi) is 2.25. The van der Waals surface area contributed by atoms with E-state index in [4.69, 9.17) is 9.63 Å². The van der Waals surface area contributed by atoms with Crippen LogP contribution < -0.4 is 5.32 Å². The van der Waals surface area contributed by atoms with Crippen molar-refractivity contribution in [2.75, 3.05) is 6.54 Å². The SMILES string of the molecule is Cc1onc2c1CNCCC2C(=O)O. The molecule has 0 radical (unpaired) electrons. The van der Waals surface area contributed by atoms with Crippen molar-refractivity contribution in [3.8, 4) is 0 Å². The molecule has 1 aliphatic heterocycles. The Hall–Kier alpha value is -1.36. The van der Waals surface area contributed by atoms with Gasteiger partial charge in [-0.05, 0) is 19.9 Å². The zero-order valence-electron chi connectivity index (χ0n) is 7.91. The number of rotatable bonds is 1. The van der Waals surface area contributed by atoms with Crippen LogP contribution in [-0.4, -0.2) is 22.8 Å². The molecule has 5 nitrogen and oxygen atoms in total. The first kappa shape index (κ1) is 9.21. The maximum absolute atomic E-state index is 11.0. The molecule has 2 N–H and O–H groups in total. The van der Waals surface area contributed by atoms with Gasteiger partial charge in [0.25, 0.3) is 0 Å². The fraction of sp³-hybridized carbons (Fsp3) is 0.556. The van der Waals surface area contributed by atoms with Crippen molar-refractivity contribution in [2.24, 2.45) is 0 Å². The predicted molar refractivity (Wildman–Crippen MR) is 47.9 cm³/mol. The molecule has 0 spiro atoms. The molecule has 0 saturated heterocycles. The zero-order valence-corrected chi connectivity index (χ0v) is 7.91. The van der Waals surface area contributed by atoms with Crippen LogP contribution >= 0.6 is 0 Å². The number of fused-ring (bicyclic) bond motifs is 1. The van der Waals surface area contributed by atoms with Crippen LogP contribution in [0.5, 0.6) is 0 Å². The third kappa shape index (κ3) is 1.39. The standard InChI is InChI=1S/C9H12N2O3/c1-5-7-4-10-3-2-6(9(12)13)8(7)11-14-5/h6,10H,2-4H2,1H3,(H,12,13). The molecule has 0 saturated carbocycles. The van der Waals surface area contributed by atoms with Crippen molar-refractivity contribution in [1.29, 1.82) is 0 Å². The molecule has 76 valence electrons. The number of nitrogens with one attached hydrogen (secondary N) is 1. The highest BCUT2D eigenvalue weighted by Gasteiger charge is 2.29. The molecule has 2 heterocycles. The van der Waals surface area contributed by atoms with Gasteiger partial charge in [-0.25, -0.2) is 0 Å². The lowest BCUT2D eigenvalue weighted by molar-refractivity contribution is -0.139. The molecule has 1 atom stereocenters. The van der Waals surface area contributed by atoms with E-state index < -0.39 is 11.9 Å². The van der Waals surface area contributed by atoms with E-state index in [9.17, 15) is 4.79 Å². The number of hydrogen-bond acceptors (Lipinski definition) is 4. The minimum atomic E-state index is -0.830. The summed E-state index contributed by atoms with van der Waals surface area (Å²) < 4.78 is 5.00. The van der Waals surface area contributed by atoms with E-state index in [-0.39, 0.29) is 0 Å². The summed E-state index contributed by atoms with van der Waals surface area (Å²) in [5.74, 6) is -0.652. The second-order valence-corrected chi connectivity index (χ2v) is 3.46. The lowest BCUT2D eigenvalue weighted by Gasteiger charge is -2.05. The molecule has 0 aliphatic carbocycles. The van der Waals surface area contributed by atoms with Gasteiger partial charge in [-0.3, -0.25) is 4.79 Å². The summed E-state index contributed by atoms with van der Waals surface area (Å²) in [5.41, 5.74) is 1.48. The van der Waals surface area contributed by atoms with Gasteiger partial charge in [0.15, 0.2) is 0 Å². The number of carbonyl (C=O) groups is 1. The van der Waals surface area contributed by atoms with Gasteiger partial charge in [0, 0.05) is 12.1 Å². The van der Waals surface area contributed by atoms with Crippen molar-refractivity contribution in [3.63, 3.8) is 0 Å². The van der Waals surface area contributed by atoms with E-state index in [0.717, 1.165) is 5.56 Å². The number of nitrogens with zero attached hydrogens (tertiary/aromatic N) is 1. The smallest absolute Gasteiger partial charge is 0.312 e. The second-order valence-electron chi connectivity index (χ2n) is 3.46. The van der Waals surface area contributed by atoms with Crippen LogP contribution in [0.25, 0.3) is 0 Å². The van der Waals surface area contributed by atoms with Crippen molar-refractivity contribution in [1.82, 2.24) is 10.5 Å². The van der Waals surface area contributed by atoms with Gasteiger partial charge >= 0.3 is 5.97 Å². The highest BCUT2D eigenvalue weighted by Crippen LogP contribution is 2.26. The van der Waals surface area contributed by atoms with Crippen LogP contribution in [0.1, 0.15) is 29.4 Å². The van der Waals surface area contributed by atoms with Crippen molar-refractivity contribution in [2.45, 2.75) is 25.8 Å². The third-order valence-corrected chi connectivity index (χ3v) is 2.55. The van der Waals surface area contributed by atoms with Crippen LogP contribution in [0.15, 0.2) is 4.52 Å². The average molecular weight is 196 g/mol. The quantitative estimate of drug-likeness (QED) is 0.689. The molecule has 0 bridgehead atoms. The molecular weight excluding hydrogens is 184 g/mol. The molecular formula is C9H12N2O3. The summed E-state index contributed by atoms with van der Waals surface area (Å²) >= 11 is 0. The predicted octanol–water partition coefficient (Wildman–Crippen LogP) is 0.645. The van der Waals surface area contributed by atoms with E-state index >= 15 is 0 Å². The Morgan fingerprint density at radius 2 is 2.50 bits per heavy atom.